The predicted octanol–water partition coefficient (Wildman–Crippen LogP) is 6.04. The zero-order valence-corrected chi connectivity index (χ0v) is 14.0. The van der Waals surface area contributed by atoms with Crippen molar-refractivity contribution in [3.05, 3.63) is 0 Å². The lowest BCUT2D eigenvalue weighted by Gasteiger charge is -2.12. The van der Waals surface area contributed by atoms with Gasteiger partial charge in [0.25, 0.3) is 0 Å². The van der Waals surface area contributed by atoms with Crippen LogP contribution in [0.1, 0.15) is 97.8 Å². The molecule has 0 rings (SSSR count). The molecule has 0 radical (unpaired) electrons. The fourth-order valence-corrected chi connectivity index (χ4v) is 2.68. The molecule has 0 amide bonds. The quantitative estimate of drug-likeness (QED) is 0.394. The van der Waals surface area contributed by atoms with E-state index in [0.717, 1.165) is 31.6 Å². The van der Waals surface area contributed by atoms with Crippen molar-refractivity contribution in [2.45, 2.75) is 97.8 Å². The van der Waals surface area contributed by atoms with Crippen LogP contribution in [0.4, 0.5) is 0 Å². The molecule has 0 saturated heterocycles. The Hall–Kier alpha value is -0.530. The van der Waals surface area contributed by atoms with E-state index >= 15 is 0 Å². The molecule has 0 bridgehead atoms. The molecule has 20 heavy (non-hydrogen) atoms. The average molecular weight is 284 g/mol. The SMILES string of the molecule is CCCCCCCCC(CCCCCC(C)C)C(=O)O. The van der Waals surface area contributed by atoms with Crippen molar-refractivity contribution in [1.29, 1.82) is 0 Å². The summed E-state index contributed by atoms with van der Waals surface area (Å²) < 4.78 is 0. The lowest BCUT2D eigenvalue weighted by molar-refractivity contribution is -0.142. The Morgan fingerprint density at radius 3 is 1.75 bits per heavy atom. The first kappa shape index (κ1) is 19.5. The molecule has 2 heteroatoms. The molecule has 0 aromatic rings. The van der Waals surface area contributed by atoms with Gasteiger partial charge in [-0.1, -0.05) is 85.0 Å². The van der Waals surface area contributed by atoms with Gasteiger partial charge in [-0.05, 0) is 18.8 Å². The topological polar surface area (TPSA) is 37.3 Å². The fourth-order valence-electron chi connectivity index (χ4n) is 2.68. The Morgan fingerprint density at radius 2 is 1.25 bits per heavy atom. The highest BCUT2D eigenvalue weighted by Crippen LogP contribution is 2.19. The summed E-state index contributed by atoms with van der Waals surface area (Å²) in [5, 5.41) is 9.26. The smallest absolute Gasteiger partial charge is 0.306 e. The monoisotopic (exact) mass is 284 g/mol. The average Bonchev–Trinajstić information content (AvgIpc) is 2.39. The van der Waals surface area contributed by atoms with Gasteiger partial charge in [-0.2, -0.15) is 0 Å². The Kier molecular flexibility index (Phi) is 13.1. The van der Waals surface area contributed by atoms with Gasteiger partial charge in [0, 0.05) is 0 Å². The van der Waals surface area contributed by atoms with E-state index < -0.39 is 5.97 Å². The summed E-state index contributed by atoms with van der Waals surface area (Å²) in [5.74, 6) is 0.0936. The van der Waals surface area contributed by atoms with E-state index in [0.29, 0.717) is 0 Å². The minimum absolute atomic E-state index is 0.0970. The van der Waals surface area contributed by atoms with Gasteiger partial charge in [-0.15, -0.1) is 0 Å². The Balaban J connectivity index is 3.58. The largest absolute Gasteiger partial charge is 0.481 e. The van der Waals surface area contributed by atoms with Crippen LogP contribution in [-0.4, -0.2) is 11.1 Å². The maximum absolute atomic E-state index is 11.2. The Morgan fingerprint density at radius 1 is 0.800 bits per heavy atom. The molecule has 0 saturated carbocycles. The minimum atomic E-state index is -0.581. The van der Waals surface area contributed by atoms with Crippen LogP contribution in [0.5, 0.6) is 0 Å². The maximum Gasteiger partial charge on any atom is 0.306 e. The van der Waals surface area contributed by atoms with Crippen molar-refractivity contribution < 1.29 is 9.90 Å². The lowest BCUT2D eigenvalue weighted by atomic mass is 9.94. The zero-order chi connectivity index (χ0) is 15.2. The highest BCUT2D eigenvalue weighted by molar-refractivity contribution is 5.69. The number of unbranched alkanes of at least 4 members (excludes halogenated alkanes) is 7. The predicted molar refractivity (Wildman–Crippen MR) is 87.0 cm³/mol. The molecular formula is C18H36O2. The number of rotatable bonds is 14. The molecule has 0 heterocycles. The van der Waals surface area contributed by atoms with Crippen LogP contribution in [0.3, 0.4) is 0 Å². The van der Waals surface area contributed by atoms with E-state index in [9.17, 15) is 9.90 Å². The number of hydrogen-bond donors (Lipinski definition) is 1. The van der Waals surface area contributed by atoms with Gasteiger partial charge in [-0.25, -0.2) is 0 Å². The molecule has 1 N–H and O–H groups in total. The molecule has 0 spiro atoms. The van der Waals surface area contributed by atoms with Crippen molar-refractivity contribution in [2.24, 2.45) is 11.8 Å². The number of aliphatic carboxylic acids is 1. The number of carboxylic acids is 1. The summed E-state index contributed by atoms with van der Waals surface area (Å²) >= 11 is 0. The molecule has 0 fully saturated rings. The van der Waals surface area contributed by atoms with Crippen LogP contribution in [0.2, 0.25) is 0 Å². The van der Waals surface area contributed by atoms with E-state index in [1.54, 1.807) is 0 Å². The summed E-state index contributed by atoms with van der Waals surface area (Å²) in [6.45, 7) is 6.72. The van der Waals surface area contributed by atoms with Crippen molar-refractivity contribution >= 4 is 5.97 Å². The summed E-state index contributed by atoms with van der Waals surface area (Å²) in [4.78, 5) is 11.2. The molecule has 120 valence electrons. The zero-order valence-electron chi connectivity index (χ0n) is 14.0. The summed E-state index contributed by atoms with van der Waals surface area (Å²) in [7, 11) is 0. The third-order valence-electron chi connectivity index (χ3n) is 4.09. The minimum Gasteiger partial charge on any atom is -0.481 e. The molecule has 2 nitrogen and oxygen atoms in total. The number of carboxylic acid groups (broad SMARTS) is 1. The normalized spacial score (nSPS) is 12.8. The molecular weight excluding hydrogens is 248 g/mol. The van der Waals surface area contributed by atoms with Crippen molar-refractivity contribution in [3.8, 4) is 0 Å². The number of carbonyl (C=O) groups is 1. The summed E-state index contributed by atoms with van der Waals surface area (Å²) in [6.07, 6.45) is 14.0. The Bertz CT molecular complexity index is 223. The van der Waals surface area contributed by atoms with E-state index in [-0.39, 0.29) is 5.92 Å². The molecule has 0 aliphatic carbocycles. The van der Waals surface area contributed by atoms with Crippen molar-refractivity contribution in [1.82, 2.24) is 0 Å². The van der Waals surface area contributed by atoms with Gasteiger partial charge in [0.05, 0.1) is 5.92 Å². The molecule has 0 aromatic heterocycles. The summed E-state index contributed by atoms with van der Waals surface area (Å²) in [5.41, 5.74) is 0. The van der Waals surface area contributed by atoms with Crippen LogP contribution in [0.15, 0.2) is 0 Å². The van der Waals surface area contributed by atoms with E-state index in [1.807, 2.05) is 0 Å². The lowest BCUT2D eigenvalue weighted by Crippen LogP contribution is -2.13. The highest BCUT2D eigenvalue weighted by atomic mass is 16.4. The second kappa shape index (κ2) is 13.5. The third-order valence-corrected chi connectivity index (χ3v) is 4.09. The van der Waals surface area contributed by atoms with Gasteiger partial charge in [0.15, 0.2) is 0 Å². The first-order valence-corrected chi connectivity index (χ1v) is 8.80. The molecule has 0 aliphatic rings. The van der Waals surface area contributed by atoms with Crippen molar-refractivity contribution in [2.75, 3.05) is 0 Å². The van der Waals surface area contributed by atoms with Crippen molar-refractivity contribution in [3.63, 3.8) is 0 Å². The second-order valence-electron chi connectivity index (χ2n) is 6.62. The van der Waals surface area contributed by atoms with E-state index in [2.05, 4.69) is 20.8 Å². The molecule has 0 aliphatic heterocycles. The molecule has 1 atom stereocenters. The van der Waals surface area contributed by atoms with Gasteiger partial charge < -0.3 is 5.11 Å². The third kappa shape index (κ3) is 12.5. The summed E-state index contributed by atoms with van der Waals surface area (Å²) in [6, 6.07) is 0. The van der Waals surface area contributed by atoms with E-state index in [1.165, 1.54) is 51.4 Å². The Labute approximate surface area is 126 Å². The van der Waals surface area contributed by atoms with Crippen LogP contribution < -0.4 is 0 Å². The standard InChI is InChI=1S/C18H36O2/c1-4-5-6-7-8-11-14-17(18(19)20)15-12-9-10-13-16(2)3/h16-17H,4-15H2,1-3H3,(H,19,20). The van der Waals surface area contributed by atoms with Crippen LogP contribution in [0.25, 0.3) is 0 Å². The number of hydrogen-bond acceptors (Lipinski definition) is 1. The van der Waals surface area contributed by atoms with Gasteiger partial charge >= 0.3 is 5.97 Å². The molecule has 0 aromatic carbocycles. The van der Waals surface area contributed by atoms with Crippen LogP contribution in [0, 0.1) is 11.8 Å². The van der Waals surface area contributed by atoms with E-state index in [4.69, 9.17) is 0 Å². The van der Waals surface area contributed by atoms with Gasteiger partial charge in [-0.3, -0.25) is 4.79 Å². The van der Waals surface area contributed by atoms with Gasteiger partial charge in [0.2, 0.25) is 0 Å². The van der Waals surface area contributed by atoms with Gasteiger partial charge in [0.1, 0.15) is 0 Å². The molecule has 1 unspecified atom stereocenters. The first-order valence-electron chi connectivity index (χ1n) is 8.80. The fraction of sp³-hybridized carbons (Fsp3) is 0.944. The van der Waals surface area contributed by atoms with Crippen LogP contribution >= 0.6 is 0 Å². The second-order valence-corrected chi connectivity index (χ2v) is 6.62. The maximum atomic E-state index is 11.2. The van der Waals surface area contributed by atoms with Crippen LogP contribution in [-0.2, 0) is 4.79 Å². The first-order chi connectivity index (χ1) is 9.57. The highest BCUT2D eigenvalue weighted by Gasteiger charge is 2.16.